The molecule has 1 aliphatic heterocycles. The van der Waals surface area contributed by atoms with Crippen molar-refractivity contribution in [2.45, 2.75) is 50.7 Å². The second-order valence-corrected chi connectivity index (χ2v) is 7.94. The molecule has 1 aromatic carbocycles. The molecule has 2 aromatic rings. The van der Waals surface area contributed by atoms with E-state index >= 15 is 0 Å². The van der Waals surface area contributed by atoms with Crippen molar-refractivity contribution < 1.29 is 14.3 Å². The number of nitrogens with two attached hydrogens (primary N) is 1. The highest BCUT2D eigenvalue weighted by molar-refractivity contribution is 5.92. The lowest BCUT2D eigenvalue weighted by Crippen LogP contribution is -2.34. The third-order valence-corrected chi connectivity index (χ3v) is 6.02. The number of benzene rings is 1. The van der Waals surface area contributed by atoms with Gasteiger partial charge < -0.3 is 20.1 Å². The van der Waals surface area contributed by atoms with Gasteiger partial charge in [-0.1, -0.05) is 0 Å². The summed E-state index contributed by atoms with van der Waals surface area (Å²) < 4.78 is 13.4. The summed E-state index contributed by atoms with van der Waals surface area (Å²) in [6.45, 7) is 1.28. The maximum Gasteiger partial charge on any atom is 0.179 e. The van der Waals surface area contributed by atoms with E-state index in [1.165, 1.54) is 12.8 Å². The molecule has 1 saturated carbocycles. The van der Waals surface area contributed by atoms with E-state index in [1.54, 1.807) is 16.7 Å². The zero-order chi connectivity index (χ0) is 21.1. The van der Waals surface area contributed by atoms with Crippen LogP contribution in [0.2, 0.25) is 0 Å². The van der Waals surface area contributed by atoms with E-state index in [2.05, 4.69) is 6.19 Å². The zero-order valence-corrected chi connectivity index (χ0v) is 17.2. The molecule has 2 aliphatic rings. The highest BCUT2D eigenvalue weighted by Crippen LogP contribution is 2.37. The molecule has 0 amide bonds. The number of likely N-dealkylation sites (tertiary alicyclic amines) is 1. The summed E-state index contributed by atoms with van der Waals surface area (Å²) in [5.74, 6) is 1.64. The van der Waals surface area contributed by atoms with Gasteiger partial charge in [-0.2, -0.15) is 10.4 Å². The summed E-state index contributed by atoms with van der Waals surface area (Å²) in [6.07, 6.45) is 9.28. The molecule has 1 unspecified atom stereocenters. The molecule has 0 spiro atoms. The number of piperidine rings is 1. The highest BCUT2D eigenvalue weighted by Gasteiger charge is 2.27. The van der Waals surface area contributed by atoms with Crippen LogP contribution in [-0.2, 0) is 0 Å². The average Bonchev–Trinajstić information content (AvgIpc) is 3.41. The van der Waals surface area contributed by atoms with Crippen LogP contribution in [0.3, 0.4) is 0 Å². The SMILES string of the molecule is COc1ccc(-c2nn(C3CCCN(C#N)C3)c(N)c2C=O)cc1OC1CCCC1. The first-order valence-electron chi connectivity index (χ1n) is 10.5. The van der Waals surface area contributed by atoms with Gasteiger partial charge in [-0.25, -0.2) is 4.68 Å². The predicted octanol–water partition coefficient (Wildman–Crippen LogP) is 3.39. The molecule has 8 heteroatoms. The van der Waals surface area contributed by atoms with Crippen LogP contribution in [0.1, 0.15) is 54.9 Å². The minimum absolute atomic E-state index is 0.0432. The summed E-state index contributed by atoms with van der Waals surface area (Å²) in [5, 5.41) is 13.9. The van der Waals surface area contributed by atoms with E-state index < -0.39 is 0 Å². The molecule has 0 radical (unpaired) electrons. The first kappa shape index (κ1) is 20.1. The Bertz CT molecular complexity index is 958. The Kier molecular flexibility index (Phi) is 5.79. The van der Waals surface area contributed by atoms with Crippen molar-refractivity contribution >= 4 is 12.1 Å². The first-order chi connectivity index (χ1) is 14.6. The third kappa shape index (κ3) is 3.80. The Hall–Kier alpha value is -3.21. The normalized spacial score (nSPS) is 19.5. The third-order valence-electron chi connectivity index (χ3n) is 6.02. The van der Waals surface area contributed by atoms with E-state index in [0.717, 1.165) is 44.1 Å². The molecule has 2 heterocycles. The van der Waals surface area contributed by atoms with Crippen LogP contribution in [0.5, 0.6) is 11.5 Å². The Morgan fingerprint density at radius 2 is 2.03 bits per heavy atom. The van der Waals surface area contributed by atoms with Crippen LogP contribution < -0.4 is 15.2 Å². The fourth-order valence-electron chi connectivity index (χ4n) is 4.42. The second kappa shape index (κ2) is 8.66. The molecule has 1 atom stereocenters. The highest BCUT2D eigenvalue weighted by atomic mass is 16.5. The number of methoxy groups -OCH3 is 1. The Labute approximate surface area is 176 Å². The van der Waals surface area contributed by atoms with E-state index in [-0.39, 0.29) is 12.1 Å². The number of rotatable bonds is 6. The number of nitrogen functional groups attached to an aromatic ring is 1. The number of carbonyl (C=O) groups excluding carboxylic acids is 1. The largest absolute Gasteiger partial charge is 0.493 e. The lowest BCUT2D eigenvalue weighted by molar-refractivity contribution is 0.112. The van der Waals surface area contributed by atoms with Gasteiger partial charge in [0.1, 0.15) is 11.5 Å². The summed E-state index contributed by atoms with van der Waals surface area (Å²) in [5.41, 5.74) is 7.95. The van der Waals surface area contributed by atoms with Crippen molar-refractivity contribution in [2.75, 3.05) is 25.9 Å². The second-order valence-electron chi connectivity index (χ2n) is 7.94. The fraction of sp³-hybridized carbons (Fsp3) is 0.500. The van der Waals surface area contributed by atoms with Gasteiger partial charge in [-0.3, -0.25) is 4.79 Å². The maximum atomic E-state index is 11.9. The lowest BCUT2D eigenvalue weighted by atomic mass is 10.1. The molecule has 2 N–H and O–H groups in total. The van der Waals surface area contributed by atoms with Crippen LogP contribution in [-0.4, -0.2) is 47.3 Å². The van der Waals surface area contributed by atoms with Crippen molar-refractivity contribution in [3.05, 3.63) is 23.8 Å². The minimum Gasteiger partial charge on any atom is -0.493 e. The van der Waals surface area contributed by atoms with Crippen LogP contribution in [0.15, 0.2) is 18.2 Å². The van der Waals surface area contributed by atoms with Gasteiger partial charge in [-0.05, 0) is 56.7 Å². The minimum atomic E-state index is -0.0432. The Morgan fingerprint density at radius 3 is 2.73 bits per heavy atom. The number of nitrogens with zero attached hydrogens (tertiary/aromatic N) is 4. The number of nitriles is 1. The van der Waals surface area contributed by atoms with Gasteiger partial charge in [0.2, 0.25) is 0 Å². The molecule has 0 bridgehead atoms. The molecule has 1 aliphatic carbocycles. The maximum absolute atomic E-state index is 11.9. The molecular weight excluding hydrogens is 382 g/mol. The summed E-state index contributed by atoms with van der Waals surface area (Å²) >= 11 is 0. The van der Waals surface area contributed by atoms with E-state index in [0.29, 0.717) is 35.1 Å². The molecule has 1 saturated heterocycles. The van der Waals surface area contributed by atoms with Gasteiger partial charge >= 0.3 is 0 Å². The molecule has 1 aromatic heterocycles. The molecular formula is C22H27N5O3. The van der Waals surface area contributed by atoms with Gasteiger partial charge in [0.05, 0.1) is 31.4 Å². The van der Waals surface area contributed by atoms with Crippen LogP contribution in [0.4, 0.5) is 5.82 Å². The molecule has 4 rings (SSSR count). The first-order valence-corrected chi connectivity index (χ1v) is 10.5. The van der Waals surface area contributed by atoms with E-state index in [1.807, 2.05) is 18.2 Å². The Morgan fingerprint density at radius 1 is 1.23 bits per heavy atom. The van der Waals surface area contributed by atoms with E-state index in [4.69, 9.17) is 20.3 Å². The molecule has 2 fully saturated rings. The molecule has 30 heavy (non-hydrogen) atoms. The van der Waals surface area contributed by atoms with Gasteiger partial charge in [-0.15, -0.1) is 0 Å². The number of anilines is 1. The molecule has 158 valence electrons. The summed E-state index contributed by atoms with van der Waals surface area (Å²) in [7, 11) is 1.62. The average molecular weight is 409 g/mol. The number of hydrogen-bond acceptors (Lipinski definition) is 7. The van der Waals surface area contributed by atoms with Gasteiger partial charge in [0.25, 0.3) is 0 Å². The number of aromatic nitrogens is 2. The van der Waals surface area contributed by atoms with Crippen molar-refractivity contribution in [3.8, 4) is 28.9 Å². The topological polar surface area (TPSA) is 106 Å². The van der Waals surface area contributed by atoms with Crippen LogP contribution >= 0.6 is 0 Å². The quantitative estimate of drug-likeness (QED) is 0.576. The van der Waals surface area contributed by atoms with Crippen molar-refractivity contribution in [2.24, 2.45) is 0 Å². The van der Waals surface area contributed by atoms with Crippen molar-refractivity contribution in [1.29, 1.82) is 5.26 Å². The van der Waals surface area contributed by atoms with Crippen molar-refractivity contribution in [3.63, 3.8) is 0 Å². The predicted molar refractivity (Wildman–Crippen MR) is 112 cm³/mol. The van der Waals surface area contributed by atoms with Crippen molar-refractivity contribution in [1.82, 2.24) is 14.7 Å². The smallest absolute Gasteiger partial charge is 0.179 e. The number of ether oxygens (including phenoxy) is 2. The number of hydrogen-bond donors (Lipinski definition) is 1. The van der Waals surface area contributed by atoms with Crippen LogP contribution in [0, 0.1) is 11.5 Å². The number of aldehydes is 1. The summed E-state index contributed by atoms with van der Waals surface area (Å²) in [6, 6.07) is 5.53. The van der Waals surface area contributed by atoms with Gasteiger partial charge in [0.15, 0.2) is 24.0 Å². The van der Waals surface area contributed by atoms with Gasteiger partial charge in [0, 0.05) is 12.1 Å². The monoisotopic (exact) mass is 409 g/mol. The fourth-order valence-corrected chi connectivity index (χ4v) is 4.42. The number of carbonyl (C=O) groups is 1. The summed E-state index contributed by atoms with van der Waals surface area (Å²) in [4.78, 5) is 13.6. The standard InChI is InChI=1S/C22H27N5O3/c1-29-19-9-8-15(11-20(19)30-17-6-2-3-7-17)21-18(13-28)22(24)27(25-21)16-5-4-10-26(12-16)14-23/h8-9,11,13,16-17H,2-7,10,12,24H2,1H3. The lowest BCUT2D eigenvalue weighted by Gasteiger charge is -2.29. The molecule has 8 nitrogen and oxygen atoms in total. The zero-order valence-electron chi connectivity index (χ0n) is 17.2. The Balaban J connectivity index is 1.69. The van der Waals surface area contributed by atoms with Crippen LogP contribution in [0.25, 0.3) is 11.3 Å². The van der Waals surface area contributed by atoms with E-state index in [9.17, 15) is 10.1 Å².